The van der Waals surface area contributed by atoms with Crippen LogP contribution in [0, 0.1) is 16.7 Å². The van der Waals surface area contributed by atoms with E-state index in [1.807, 2.05) is 15.5 Å². The van der Waals surface area contributed by atoms with Crippen molar-refractivity contribution in [3.63, 3.8) is 0 Å². The van der Waals surface area contributed by atoms with Crippen molar-refractivity contribution in [3.8, 4) is 6.07 Å². The zero-order chi connectivity index (χ0) is 30.1. The number of fused-ring (bicyclic) bond motifs is 1. The molecular formula is C25H25ClF3N7O5S. The molecule has 2 aliphatic heterocycles. The summed E-state index contributed by atoms with van der Waals surface area (Å²) in [5.74, 6) is -0.610. The van der Waals surface area contributed by atoms with E-state index in [1.165, 1.54) is 12.1 Å². The number of amides is 2. The molecule has 6 rings (SSSR count). The van der Waals surface area contributed by atoms with Crippen LogP contribution in [0.15, 0.2) is 29.4 Å². The third kappa shape index (κ3) is 4.81. The zero-order valence-corrected chi connectivity index (χ0v) is 23.5. The van der Waals surface area contributed by atoms with Gasteiger partial charge in [0.25, 0.3) is 0 Å². The Balaban J connectivity index is 1.24. The van der Waals surface area contributed by atoms with Crippen molar-refractivity contribution in [1.82, 2.24) is 25.0 Å². The number of hydrogen-bond donors (Lipinski definition) is 1. The van der Waals surface area contributed by atoms with Gasteiger partial charge < -0.3 is 24.4 Å². The van der Waals surface area contributed by atoms with E-state index in [0.29, 0.717) is 43.1 Å². The fourth-order valence-corrected chi connectivity index (χ4v) is 7.67. The first-order chi connectivity index (χ1) is 19.8. The SMILES string of the molecule is N#CC1(NC(=O)O[C@H]2C[C@@H](S(=O)(=O)c3ccc(N4CCn5cnnc5C4)cc3Cl)CN2C(=O)C2(C(F)(F)F)CC2)CC1. The summed E-state index contributed by atoms with van der Waals surface area (Å²) in [7, 11) is -4.30. The molecule has 3 fully saturated rings. The summed E-state index contributed by atoms with van der Waals surface area (Å²) in [5.41, 5.74) is -3.15. The highest BCUT2D eigenvalue weighted by Gasteiger charge is 2.70. The number of sulfone groups is 1. The predicted molar refractivity (Wildman–Crippen MR) is 139 cm³/mol. The van der Waals surface area contributed by atoms with Crippen LogP contribution in [0.1, 0.15) is 37.9 Å². The lowest BCUT2D eigenvalue weighted by molar-refractivity contribution is -0.201. The number of alkyl carbamates (subject to hydrolysis) is 1. The van der Waals surface area contributed by atoms with E-state index in [9.17, 15) is 36.4 Å². The van der Waals surface area contributed by atoms with Gasteiger partial charge in [-0.2, -0.15) is 18.4 Å². The number of alkyl halides is 3. The van der Waals surface area contributed by atoms with Gasteiger partial charge in [0.15, 0.2) is 21.9 Å². The molecule has 2 aliphatic carbocycles. The molecule has 4 aliphatic rings. The molecule has 0 bridgehead atoms. The van der Waals surface area contributed by atoms with Gasteiger partial charge in [0.05, 0.1) is 27.8 Å². The second-order valence-corrected chi connectivity index (χ2v) is 13.7. The largest absolute Gasteiger partial charge is 0.425 e. The maximum absolute atomic E-state index is 13.8. The summed E-state index contributed by atoms with van der Waals surface area (Å²) in [6, 6.07) is 6.31. The van der Waals surface area contributed by atoms with E-state index >= 15 is 0 Å². The van der Waals surface area contributed by atoms with Crippen molar-refractivity contribution < 1.29 is 35.9 Å². The molecule has 2 saturated carbocycles. The number of benzene rings is 1. The van der Waals surface area contributed by atoms with Crippen molar-refractivity contribution in [1.29, 1.82) is 5.26 Å². The Morgan fingerprint density at radius 3 is 2.55 bits per heavy atom. The molecule has 42 heavy (non-hydrogen) atoms. The number of carbonyl (C=O) groups excluding carboxylic acids is 2. The van der Waals surface area contributed by atoms with E-state index in [1.54, 1.807) is 12.4 Å². The lowest BCUT2D eigenvalue weighted by Crippen LogP contribution is -2.49. The van der Waals surface area contributed by atoms with Crippen molar-refractivity contribution in [2.24, 2.45) is 5.41 Å². The third-order valence-corrected chi connectivity index (χ3v) is 11.0. The standard InChI is InChI=1S/C25H25ClF3N7O5S/c26-17-9-15(34-7-8-35-14-31-33-19(35)12-34)1-2-18(17)42(39,40)16-10-20(41-22(38)32-23(13-30)3-4-23)36(11-16)21(37)24(5-6-24)25(27,28)29/h1-2,9,14,16,20H,3-8,10-12H2,(H,32,38)/t16-,20+/m1/s1. The van der Waals surface area contributed by atoms with E-state index < -0.39 is 76.3 Å². The molecule has 1 N–H and O–H groups in total. The minimum absolute atomic E-state index is 0.0989. The minimum Gasteiger partial charge on any atom is -0.425 e. The Morgan fingerprint density at radius 2 is 1.93 bits per heavy atom. The first-order valence-electron chi connectivity index (χ1n) is 13.2. The molecule has 0 unspecified atom stereocenters. The van der Waals surface area contributed by atoms with E-state index in [4.69, 9.17) is 16.3 Å². The smallest absolute Gasteiger partial charge is 0.410 e. The Hall–Kier alpha value is -3.58. The maximum atomic E-state index is 13.8. The molecule has 0 spiro atoms. The van der Waals surface area contributed by atoms with Crippen LogP contribution in [-0.2, 0) is 32.5 Å². The monoisotopic (exact) mass is 627 g/mol. The van der Waals surface area contributed by atoms with Crippen LogP contribution in [0.25, 0.3) is 0 Å². The molecule has 1 aromatic carbocycles. The van der Waals surface area contributed by atoms with E-state index in [-0.39, 0.29) is 9.92 Å². The van der Waals surface area contributed by atoms with Crippen molar-refractivity contribution in [3.05, 3.63) is 35.4 Å². The maximum Gasteiger partial charge on any atom is 0.410 e. The molecular weight excluding hydrogens is 603 g/mol. The minimum atomic E-state index is -4.85. The second-order valence-electron chi connectivity index (χ2n) is 11.1. The van der Waals surface area contributed by atoms with Crippen molar-refractivity contribution >= 4 is 39.1 Å². The van der Waals surface area contributed by atoms with Crippen LogP contribution >= 0.6 is 11.6 Å². The second kappa shape index (κ2) is 9.73. The summed E-state index contributed by atoms with van der Waals surface area (Å²) in [6.07, 6.45) is -6.55. The fraction of sp³-hybridized carbons (Fsp3) is 0.560. The number of rotatable bonds is 6. The Labute approximate surface area is 243 Å². The Kier molecular flexibility index (Phi) is 6.61. The molecule has 2 atom stereocenters. The highest BCUT2D eigenvalue weighted by atomic mass is 35.5. The number of carbonyl (C=O) groups is 2. The number of hydrogen-bond acceptors (Lipinski definition) is 9. The molecule has 17 heteroatoms. The van der Waals surface area contributed by atoms with Crippen LogP contribution in [0.4, 0.5) is 23.7 Å². The van der Waals surface area contributed by atoms with Crippen molar-refractivity contribution in [2.75, 3.05) is 18.0 Å². The summed E-state index contributed by atoms with van der Waals surface area (Å²) in [4.78, 5) is 28.1. The van der Waals surface area contributed by atoms with Gasteiger partial charge in [-0.15, -0.1) is 10.2 Å². The third-order valence-electron chi connectivity index (χ3n) is 8.39. The quantitative estimate of drug-likeness (QED) is 0.510. The predicted octanol–water partition coefficient (Wildman–Crippen LogP) is 2.78. The highest BCUT2D eigenvalue weighted by molar-refractivity contribution is 7.92. The van der Waals surface area contributed by atoms with Gasteiger partial charge in [0, 0.05) is 31.7 Å². The fourth-order valence-electron chi connectivity index (χ4n) is 5.45. The molecule has 224 valence electrons. The lowest BCUT2D eigenvalue weighted by atomic mass is 10.1. The molecule has 3 heterocycles. The number of likely N-dealkylation sites (tertiary alicyclic amines) is 1. The molecule has 12 nitrogen and oxygen atoms in total. The first kappa shape index (κ1) is 28.5. The van der Waals surface area contributed by atoms with Crippen LogP contribution < -0.4 is 10.2 Å². The number of aromatic nitrogens is 3. The van der Waals surface area contributed by atoms with Crippen LogP contribution in [0.2, 0.25) is 5.02 Å². The molecule has 1 saturated heterocycles. The van der Waals surface area contributed by atoms with Gasteiger partial charge in [0.1, 0.15) is 17.3 Å². The lowest BCUT2D eigenvalue weighted by Gasteiger charge is -2.29. The number of anilines is 1. The van der Waals surface area contributed by atoms with E-state index in [2.05, 4.69) is 15.5 Å². The zero-order valence-electron chi connectivity index (χ0n) is 22.0. The number of halogens is 4. The summed E-state index contributed by atoms with van der Waals surface area (Å²) >= 11 is 6.45. The van der Waals surface area contributed by atoms with Gasteiger partial charge >= 0.3 is 12.3 Å². The highest BCUT2D eigenvalue weighted by Crippen LogP contribution is 2.59. The summed E-state index contributed by atoms with van der Waals surface area (Å²) in [5, 5.41) is 18.0. The van der Waals surface area contributed by atoms with E-state index in [0.717, 1.165) is 5.82 Å². The average molecular weight is 628 g/mol. The van der Waals surface area contributed by atoms with Crippen LogP contribution in [0.5, 0.6) is 0 Å². The summed E-state index contributed by atoms with van der Waals surface area (Å²) in [6.45, 7) is 1.02. The molecule has 2 aromatic rings. The number of ether oxygens (including phenoxy) is 1. The van der Waals surface area contributed by atoms with Crippen molar-refractivity contribution in [2.45, 2.75) is 73.3 Å². The summed E-state index contributed by atoms with van der Waals surface area (Å²) < 4.78 is 76.1. The topological polar surface area (TPSA) is 151 Å². The normalized spacial score (nSPS) is 24.0. The Bertz CT molecular complexity index is 1600. The molecule has 0 radical (unpaired) electrons. The van der Waals surface area contributed by atoms with Gasteiger partial charge in [0.2, 0.25) is 5.91 Å². The van der Waals surface area contributed by atoms with Gasteiger partial charge in [-0.05, 0) is 43.9 Å². The van der Waals surface area contributed by atoms with Gasteiger partial charge in [-0.1, -0.05) is 11.6 Å². The first-order valence-corrected chi connectivity index (χ1v) is 15.1. The average Bonchev–Trinajstić information content (AvgIpc) is 3.82. The molecule has 2 amide bonds. The van der Waals surface area contributed by atoms with Gasteiger partial charge in [-0.25, -0.2) is 13.2 Å². The van der Waals surface area contributed by atoms with Crippen LogP contribution in [-0.4, -0.2) is 76.4 Å². The molecule has 1 aromatic heterocycles. The van der Waals surface area contributed by atoms with Crippen LogP contribution in [0.3, 0.4) is 0 Å². The number of nitriles is 1. The number of nitrogens with zero attached hydrogens (tertiary/aromatic N) is 6. The Morgan fingerprint density at radius 1 is 1.19 bits per heavy atom. The number of nitrogens with one attached hydrogen (secondary N) is 1. The van der Waals surface area contributed by atoms with Gasteiger partial charge in [-0.3, -0.25) is 4.79 Å².